The molecule has 1 amide bonds. The standard InChI is InChI=1S/C21H25NO2/c1-21(2,3)17-9-7-15(8-10-17)20(23)22-13-5-6-16-14-18(24-4)11-12-19(16)22/h7-12,14H,5-6,13H2,1-4H3. The molecule has 0 fully saturated rings. The van der Waals surface area contributed by atoms with E-state index < -0.39 is 0 Å². The number of rotatable bonds is 2. The second-order valence-electron chi connectivity index (χ2n) is 7.38. The summed E-state index contributed by atoms with van der Waals surface area (Å²) in [5.74, 6) is 0.916. The number of nitrogens with zero attached hydrogens (tertiary/aromatic N) is 1. The Hall–Kier alpha value is -2.29. The Morgan fingerprint density at radius 1 is 1.08 bits per heavy atom. The number of carbonyl (C=O) groups excluding carboxylic acids is 1. The molecule has 0 saturated heterocycles. The Kier molecular flexibility index (Phi) is 4.35. The van der Waals surface area contributed by atoms with Gasteiger partial charge in [-0.15, -0.1) is 0 Å². The summed E-state index contributed by atoms with van der Waals surface area (Å²) in [7, 11) is 1.67. The van der Waals surface area contributed by atoms with Crippen molar-refractivity contribution < 1.29 is 9.53 Å². The number of amides is 1. The van der Waals surface area contributed by atoms with Crippen LogP contribution in [0.2, 0.25) is 0 Å². The van der Waals surface area contributed by atoms with Crippen LogP contribution in [0.1, 0.15) is 48.7 Å². The summed E-state index contributed by atoms with van der Waals surface area (Å²) < 4.78 is 5.30. The van der Waals surface area contributed by atoms with Crippen molar-refractivity contribution in [3.63, 3.8) is 0 Å². The van der Waals surface area contributed by atoms with E-state index in [1.165, 1.54) is 11.1 Å². The lowest BCUT2D eigenvalue weighted by atomic mass is 9.86. The number of ether oxygens (including phenoxy) is 1. The Morgan fingerprint density at radius 2 is 1.79 bits per heavy atom. The van der Waals surface area contributed by atoms with Gasteiger partial charge in [-0.2, -0.15) is 0 Å². The Labute approximate surface area is 144 Å². The monoisotopic (exact) mass is 323 g/mol. The SMILES string of the molecule is COc1ccc2c(c1)CCCN2C(=O)c1ccc(C(C)(C)C)cc1. The minimum atomic E-state index is 0.0709. The van der Waals surface area contributed by atoms with Crippen LogP contribution < -0.4 is 9.64 Å². The maximum absolute atomic E-state index is 13.0. The Bertz CT molecular complexity index is 741. The molecule has 126 valence electrons. The molecule has 1 aliphatic rings. The van der Waals surface area contributed by atoms with Gasteiger partial charge < -0.3 is 9.64 Å². The number of aryl methyl sites for hydroxylation is 1. The summed E-state index contributed by atoms with van der Waals surface area (Å²) in [6.07, 6.45) is 1.96. The van der Waals surface area contributed by atoms with E-state index in [0.717, 1.165) is 36.4 Å². The van der Waals surface area contributed by atoms with Crippen LogP contribution in [0.25, 0.3) is 0 Å². The molecular weight excluding hydrogens is 298 g/mol. The summed E-state index contributed by atoms with van der Waals surface area (Å²) in [6.45, 7) is 7.30. The topological polar surface area (TPSA) is 29.5 Å². The van der Waals surface area contributed by atoms with E-state index in [1.807, 2.05) is 35.2 Å². The summed E-state index contributed by atoms with van der Waals surface area (Å²) >= 11 is 0. The van der Waals surface area contributed by atoms with Crippen LogP contribution in [-0.2, 0) is 11.8 Å². The molecule has 0 aromatic heterocycles. The molecule has 1 heterocycles. The van der Waals surface area contributed by atoms with Gasteiger partial charge in [-0.05, 0) is 59.7 Å². The first kappa shape index (κ1) is 16.6. The molecule has 0 spiro atoms. The van der Waals surface area contributed by atoms with E-state index in [4.69, 9.17) is 4.74 Å². The highest BCUT2D eigenvalue weighted by Gasteiger charge is 2.24. The quantitative estimate of drug-likeness (QED) is 0.809. The van der Waals surface area contributed by atoms with Crippen molar-refractivity contribution in [2.75, 3.05) is 18.6 Å². The third-order valence-corrected chi connectivity index (χ3v) is 4.65. The largest absolute Gasteiger partial charge is 0.497 e. The van der Waals surface area contributed by atoms with Gasteiger partial charge in [-0.1, -0.05) is 32.9 Å². The molecule has 0 atom stereocenters. The first-order valence-electron chi connectivity index (χ1n) is 8.49. The van der Waals surface area contributed by atoms with Gasteiger partial charge in [0, 0.05) is 17.8 Å². The van der Waals surface area contributed by atoms with Crippen molar-refractivity contribution in [1.29, 1.82) is 0 Å². The van der Waals surface area contributed by atoms with Crippen molar-refractivity contribution in [2.24, 2.45) is 0 Å². The van der Waals surface area contributed by atoms with Crippen LogP contribution in [0.15, 0.2) is 42.5 Å². The maximum Gasteiger partial charge on any atom is 0.258 e. The number of methoxy groups -OCH3 is 1. The molecule has 3 nitrogen and oxygen atoms in total. The van der Waals surface area contributed by atoms with Gasteiger partial charge in [-0.25, -0.2) is 0 Å². The molecule has 2 aromatic rings. The Balaban J connectivity index is 1.89. The van der Waals surface area contributed by atoms with Crippen molar-refractivity contribution in [3.8, 4) is 5.75 Å². The number of hydrogen-bond acceptors (Lipinski definition) is 2. The van der Waals surface area contributed by atoms with Crippen LogP contribution in [0.5, 0.6) is 5.75 Å². The lowest BCUT2D eigenvalue weighted by molar-refractivity contribution is 0.0985. The minimum Gasteiger partial charge on any atom is -0.497 e. The van der Waals surface area contributed by atoms with E-state index in [1.54, 1.807) is 7.11 Å². The van der Waals surface area contributed by atoms with Crippen LogP contribution in [0.4, 0.5) is 5.69 Å². The highest BCUT2D eigenvalue weighted by atomic mass is 16.5. The zero-order valence-electron chi connectivity index (χ0n) is 14.9. The lowest BCUT2D eigenvalue weighted by Gasteiger charge is -2.30. The predicted octanol–water partition coefficient (Wildman–Crippen LogP) is 4.59. The molecule has 1 aliphatic heterocycles. The first-order valence-corrected chi connectivity index (χ1v) is 8.49. The number of carbonyl (C=O) groups is 1. The van der Waals surface area contributed by atoms with Crippen LogP contribution >= 0.6 is 0 Å². The fourth-order valence-electron chi connectivity index (χ4n) is 3.18. The molecule has 3 rings (SSSR count). The van der Waals surface area contributed by atoms with Gasteiger partial charge in [0.25, 0.3) is 5.91 Å². The molecule has 0 bridgehead atoms. The summed E-state index contributed by atoms with van der Waals surface area (Å²) in [5.41, 5.74) is 4.26. The van der Waals surface area contributed by atoms with E-state index in [2.05, 4.69) is 32.9 Å². The highest BCUT2D eigenvalue weighted by Crippen LogP contribution is 2.32. The van der Waals surface area contributed by atoms with E-state index in [-0.39, 0.29) is 11.3 Å². The number of fused-ring (bicyclic) bond motifs is 1. The molecule has 0 N–H and O–H groups in total. The lowest BCUT2D eigenvalue weighted by Crippen LogP contribution is -2.35. The maximum atomic E-state index is 13.0. The van der Waals surface area contributed by atoms with Crippen molar-refractivity contribution >= 4 is 11.6 Å². The fourth-order valence-corrected chi connectivity index (χ4v) is 3.18. The molecule has 0 aliphatic carbocycles. The first-order chi connectivity index (χ1) is 11.4. The van der Waals surface area contributed by atoms with E-state index >= 15 is 0 Å². The average Bonchev–Trinajstić information content (AvgIpc) is 2.59. The third-order valence-electron chi connectivity index (χ3n) is 4.65. The number of hydrogen-bond donors (Lipinski definition) is 0. The van der Waals surface area contributed by atoms with E-state index in [0.29, 0.717) is 0 Å². The molecule has 24 heavy (non-hydrogen) atoms. The number of benzene rings is 2. The zero-order chi connectivity index (χ0) is 17.3. The fraction of sp³-hybridized carbons (Fsp3) is 0.381. The summed E-state index contributed by atoms with van der Waals surface area (Å²) in [5, 5.41) is 0. The molecular formula is C21H25NO2. The normalized spacial score (nSPS) is 14.2. The zero-order valence-corrected chi connectivity index (χ0v) is 14.9. The van der Waals surface area contributed by atoms with Gasteiger partial charge in [0.1, 0.15) is 5.75 Å². The third kappa shape index (κ3) is 3.16. The van der Waals surface area contributed by atoms with Gasteiger partial charge in [0.05, 0.1) is 7.11 Å². The van der Waals surface area contributed by atoms with Crippen molar-refractivity contribution in [2.45, 2.75) is 39.0 Å². The van der Waals surface area contributed by atoms with Gasteiger partial charge in [-0.3, -0.25) is 4.79 Å². The highest BCUT2D eigenvalue weighted by molar-refractivity contribution is 6.06. The predicted molar refractivity (Wildman–Crippen MR) is 98.1 cm³/mol. The second-order valence-corrected chi connectivity index (χ2v) is 7.38. The van der Waals surface area contributed by atoms with Crippen LogP contribution in [0.3, 0.4) is 0 Å². The number of anilines is 1. The van der Waals surface area contributed by atoms with Crippen molar-refractivity contribution in [3.05, 3.63) is 59.2 Å². The van der Waals surface area contributed by atoms with Gasteiger partial charge >= 0.3 is 0 Å². The minimum absolute atomic E-state index is 0.0709. The Morgan fingerprint density at radius 3 is 2.42 bits per heavy atom. The molecule has 2 aromatic carbocycles. The molecule has 3 heteroatoms. The smallest absolute Gasteiger partial charge is 0.258 e. The van der Waals surface area contributed by atoms with E-state index in [9.17, 15) is 4.79 Å². The molecule has 0 saturated carbocycles. The van der Waals surface area contributed by atoms with Gasteiger partial charge in [0.15, 0.2) is 0 Å². The molecule has 0 unspecified atom stereocenters. The van der Waals surface area contributed by atoms with Crippen LogP contribution in [0, 0.1) is 0 Å². The summed E-state index contributed by atoms with van der Waals surface area (Å²) in [6, 6.07) is 14.0. The van der Waals surface area contributed by atoms with Crippen LogP contribution in [-0.4, -0.2) is 19.6 Å². The molecule has 0 radical (unpaired) electrons. The average molecular weight is 323 g/mol. The van der Waals surface area contributed by atoms with Crippen molar-refractivity contribution in [1.82, 2.24) is 0 Å². The second kappa shape index (κ2) is 6.31. The summed E-state index contributed by atoms with van der Waals surface area (Å²) in [4.78, 5) is 14.9. The van der Waals surface area contributed by atoms with Gasteiger partial charge in [0.2, 0.25) is 0 Å².